The van der Waals surface area contributed by atoms with Gasteiger partial charge in [-0.05, 0) is 30.7 Å². The molecule has 0 aliphatic carbocycles. The minimum absolute atomic E-state index is 0.0570. The van der Waals surface area contributed by atoms with Crippen LogP contribution in [0.1, 0.15) is 30.1 Å². The van der Waals surface area contributed by atoms with Gasteiger partial charge >= 0.3 is 5.97 Å². The number of ether oxygens (including phenoxy) is 2. The third-order valence-corrected chi connectivity index (χ3v) is 2.49. The van der Waals surface area contributed by atoms with Crippen molar-refractivity contribution < 1.29 is 19.4 Å². The van der Waals surface area contributed by atoms with Crippen LogP contribution >= 0.6 is 0 Å². The van der Waals surface area contributed by atoms with Crippen LogP contribution in [0.25, 0.3) is 0 Å². The minimum atomic E-state index is -0.949. The van der Waals surface area contributed by atoms with E-state index in [1.165, 1.54) is 18.4 Å². The van der Waals surface area contributed by atoms with Crippen LogP contribution in [0, 0.1) is 0 Å². The Morgan fingerprint density at radius 2 is 2.16 bits per heavy atom. The Kier molecular flexibility index (Phi) is 6.27. The quantitative estimate of drug-likeness (QED) is 0.577. The lowest BCUT2D eigenvalue weighted by Gasteiger charge is -2.16. The van der Waals surface area contributed by atoms with Crippen molar-refractivity contribution in [2.75, 3.05) is 6.61 Å². The minimum Gasteiger partial charge on any atom is -0.490 e. The molecule has 0 aliphatic heterocycles. The molecule has 0 radical (unpaired) electrons. The molecule has 0 spiro atoms. The molecule has 0 bridgehead atoms. The van der Waals surface area contributed by atoms with Crippen LogP contribution in [0.3, 0.4) is 0 Å². The first-order valence-corrected chi connectivity index (χ1v) is 6.13. The van der Waals surface area contributed by atoms with E-state index in [2.05, 4.69) is 19.2 Å². The van der Waals surface area contributed by atoms with Gasteiger partial charge in [0.1, 0.15) is 24.7 Å². The zero-order valence-electron chi connectivity index (χ0n) is 11.0. The first-order chi connectivity index (χ1) is 9.17. The smallest absolute Gasteiger partial charge is 0.335 e. The van der Waals surface area contributed by atoms with Crippen LogP contribution in [0.15, 0.2) is 42.8 Å². The molecular weight excluding hydrogens is 244 g/mol. The van der Waals surface area contributed by atoms with Crippen molar-refractivity contribution in [3.05, 3.63) is 48.4 Å². The lowest BCUT2D eigenvalue weighted by molar-refractivity contribution is 0.0696. The highest BCUT2D eigenvalue weighted by molar-refractivity contribution is 5.87. The van der Waals surface area contributed by atoms with Gasteiger partial charge in [0.25, 0.3) is 0 Å². The fourth-order valence-corrected chi connectivity index (χ4v) is 1.54. The number of carboxylic acid groups (broad SMARTS) is 1. The van der Waals surface area contributed by atoms with Crippen LogP contribution in [0.2, 0.25) is 0 Å². The maximum Gasteiger partial charge on any atom is 0.335 e. The number of benzene rings is 1. The molecular formula is C15H18O4. The fourth-order valence-electron chi connectivity index (χ4n) is 1.54. The number of carboxylic acids is 1. The number of aromatic carboxylic acids is 1. The predicted octanol–water partition coefficient (Wildman–Crippen LogP) is 3.25. The van der Waals surface area contributed by atoms with Crippen molar-refractivity contribution in [3.8, 4) is 5.75 Å². The standard InChI is InChI=1S/C15H18O4/c1-3-5-14(18-10-4-2)11-19-13-8-6-12(7-9-13)15(16)17/h6-10,14H,2-3,5,11H2,1H3,(H,16,17). The van der Waals surface area contributed by atoms with Gasteiger partial charge in [-0.15, -0.1) is 0 Å². The van der Waals surface area contributed by atoms with Gasteiger partial charge < -0.3 is 14.6 Å². The van der Waals surface area contributed by atoms with E-state index >= 15 is 0 Å². The Balaban J connectivity index is 2.53. The third-order valence-electron chi connectivity index (χ3n) is 2.49. The molecule has 0 aliphatic rings. The molecule has 102 valence electrons. The Bertz CT molecular complexity index is 444. The van der Waals surface area contributed by atoms with Gasteiger partial charge in [-0.3, -0.25) is 0 Å². The van der Waals surface area contributed by atoms with Crippen LogP contribution in [-0.4, -0.2) is 23.8 Å². The zero-order valence-corrected chi connectivity index (χ0v) is 11.0. The average molecular weight is 262 g/mol. The van der Waals surface area contributed by atoms with Crippen molar-refractivity contribution >= 4 is 5.97 Å². The number of hydrogen-bond acceptors (Lipinski definition) is 3. The molecule has 0 saturated heterocycles. The van der Waals surface area contributed by atoms with Gasteiger partial charge in [0, 0.05) is 0 Å². The maximum absolute atomic E-state index is 10.7. The molecule has 0 fully saturated rings. The Labute approximate surface area is 113 Å². The first-order valence-electron chi connectivity index (χ1n) is 6.13. The van der Waals surface area contributed by atoms with Crippen molar-refractivity contribution in [1.82, 2.24) is 0 Å². The molecule has 19 heavy (non-hydrogen) atoms. The van der Waals surface area contributed by atoms with E-state index in [1.54, 1.807) is 12.1 Å². The van der Waals surface area contributed by atoms with Crippen molar-refractivity contribution in [1.29, 1.82) is 0 Å². The molecule has 1 N–H and O–H groups in total. The summed E-state index contributed by atoms with van der Waals surface area (Å²) in [5.41, 5.74) is 2.80. The van der Waals surface area contributed by atoms with Crippen LogP contribution < -0.4 is 4.74 Å². The normalized spacial score (nSPS) is 11.2. The largest absolute Gasteiger partial charge is 0.490 e. The molecule has 1 atom stereocenters. The van der Waals surface area contributed by atoms with E-state index in [-0.39, 0.29) is 11.7 Å². The summed E-state index contributed by atoms with van der Waals surface area (Å²) < 4.78 is 11.0. The monoisotopic (exact) mass is 262 g/mol. The van der Waals surface area contributed by atoms with Crippen molar-refractivity contribution in [2.45, 2.75) is 25.9 Å². The van der Waals surface area contributed by atoms with E-state index < -0.39 is 5.97 Å². The van der Waals surface area contributed by atoms with Crippen molar-refractivity contribution in [2.24, 2.45) is 0 Å². The van der Waals surface area contributed by atoms with E-state index in [9.17, 15) is 4.79 Å². The number of carbonyl (C=O) groups is 1. The highest BCUT2D eigenvalue weighted by Gasteiger charge is 2.09. The molecule has 1 aromatic rings. The lowest BCUT2D eigenvalue weighted by Crippen LogP contribution is -2.19. The van der Waals surface area contributed by atoms with Gasteiger partial charge in [0.15, 0.2) is 0 Å². The average Bonchev–Trinajstić information content (AvgIpc) is 2.42. The van der Waals surface area contributed by atoms with Crippen LogP contribution in [-0.2, 0) is 4.74 Å². The summed E-state index contributed by atoms with van der Waals surface area (Å²) in [6.45, 7) is 5.90. The van der Waals surface area contributed by atoms with E-state index in [4.69, 9.17) is 14.6 Å². The third kappa shape index (κ3) is 5.32. The molecule has 1 rings (SSSR count). The van der Waals surface area contributed by atoms with Crippen molar-refractivity contribution in [3.63, 3.8) is 0 Å². The van der Waals surface area contributed by atoms with Gasteiger partial charge in [-0.1, -0.05) is 25.7 Å². The second-order valence-corrected chi connectivity index (χ2v) is 4.01. The Hall–Kier alpha value is -2.19. The second-order valence-electron chi connectivity index (χ2n) is 4.01. The van der Waals surface area contributed by atoms with Gasteiger partial charge in [-0.25, -0.2) is 4.79 Å². The first kappa shape index (κ1) is 14.9. The molecule has 4 heteroatoms. The van der Waals surface area contributed by atoms with E-state index in [0.29, 0.717) is 12.4 Å². The topological polar surface area (TPSA) is 55.8 Å². The zero-order chi connectivity index (χ0) is 14.1. The maximum atomic E-state index is 10.7. The highest BCUT2D eigenvalue weighted by Crippen LogP contribution is 2.14. The summed E-state index contributed by atoms with van der Waals surface area (Å²) in [5, 5.41) is 8.78. The Morgan fingerprint density at radius 1 is 1.47 bits per heavy atom. The summed E-state index contributed by atoms with van der Waals surface area (Å²) in [4.78, 5) is 10.7. The molecule has 0 aromatic heterocycles. The highest BCUT2D eigenvalue weighted by atomic mass is 16.5. The van der Waals surface area contributed by atoms with Gasteiger partial charge in [-0.2, -0.15) is 0 Å². The summed E-state index contributed by atoms with van der Waals surface area (Å²) in [5.74, 6) is -0.327. The summed E-state index contributed by atoms with van der Waals surface area (Å²) in [6, 6.07) is 6.29. The summed E-state index contributed by atoms with van der Waals surface area (Å²) in [6.07, 6.45) is 3.22. The van der Waals surface area contributed by atoms with Gasteiger partial charge in [0.05, 0.1) is 5.56 Å². The predicted molar refractivity (Wildman–Crippen MR) is 72.4 cm³/mol. The number of rotatable bonds is 8. The van der Waals surface area contributed by atoms with Crippen LogP contribution in [0.5, 0.6) is 5.75 Å². The lowest BCUT2D eigenvalue weighted by atomic mass is 10.2. The molecule has 0 amide bonds. The SMILES string of the molecule is C=C=COC(CCC)COc1ccc(C(=O)O)cc1. The molecule has 1 aromatic carbocycles. The summed E-state index contributed by atoms with van der Waals surface area (Å²) >= 11 is 0. The molecule has 0 heterocycles. The molecule has 4 nitrogen and oxygen atoms in total. The van der Waals surface area contributed by atoms with E-state index in [0.717, 1.165) is 12.8 Å². The molecule has 1 unspecified atom stereocenters. The Morgan fingerprint density at radius 3 is 2.68 bits per heavy atom. The van der Waals surface area contributed by atoms with E-state index in [1.807, 2.05) is 0 Å². The number of hydrogen-bond donors (Lipinski definition) is 1. The fraction of sp³-hybridized carbons (Fsp3) is 0.333. The van der Waals surface area contributed by atoms with Gasteiger partial charge in [0.2, 0.25) is 0 Å². The van der Waals surface area contributed by atoms with Crippen LogP contribution in [0.4, 0.5) is 0 Å². The second kappa shape index (κ2) is 8.01. The summed E-state index contributed by atoms with van der Waals surface area (Å²) in [7, 11) is 0. The molecule has 0 saturated carbocycles.